The number of hydrogen-bond donors (Lipinski definition) is 1. The van der Waals surface area contributed by atoms with Crippen LogP contribution >= 0.6 is 0 Å². The number of rotatable bonds is 7. The van der Waals surface area contributed by atoms with Crippen molar-refractivity contribution in [3.63, 3.8) is 0 Å². The highest BCUT2D eigenvalue weighted by atomic mass is 16.5. The van der Waals surface area contributed by atoms with Crippen molar-refractivity contribution in [3.8, 4) is 22.8 Å². The zero-order valence-electron chi connectivity index (χ0n) is 19.1. The summed E-state index contributed by atoms with van der Waals surface area (Å²) in [5, 5.41) is 9.57. The zero-order chi connectivity index (χ0) is 23.0. The molecule has 0 spiro atoms. The molecule has 1 fully saturated rings. The number of nitrogens with zero attached hydrogens (tertiary/aromatic N) is 1. The minimum atomic E-state index is -1.20. The van der Waals surface area contributed by atoms with Crippen LogP contribution < -0.4 is 14.9 Å². The Labute approximate surface area is 187 Å². The Morgan fingerprint density at radius 1 is 1.19 bits per heavy atom. The molecule has 0 radical (unpaired) electrons. The minimum Gasteiger partial charge on any atom is -0.493 e. The number of aromatic nitrogens is 1. The number of methoxy groups -OCH3 is 2. The number of carbonyl (C=O) groups is 1. The maximum absolute atomic E-state index is 12.6. The van der Waals surface area contributed by atoms with Crippen molar-refractivity contribution < 1.29 is 24.1 Å². The van der Waals surface area contributed by atoms with Gasteiger partial charge in [0.25, 0.3) is 0 Å². The summed E-state index contributed by atoms with van der Waals surface area (Å²) in [6, 6.07) is 5.48. The van der Waals surface area contributed by atoms with Crippen LogP contribution in [-0.2, 0) is 4.74 Å². The van der Waals surface area contributed by atoms with Crippen LogP contribution in [0.4, 0.5) is 0 Å². The van der Waals surface area contributed by atoms with E-state index in [4.69, 9.17) is 14.2 Å². The van der Waals surface area contributed by atoms with E-state index >= 15 is 0 Å². The number of fused-ring (bicyclic) bond motifs is 6. The Morgan fingerprint density at radius 2 is 1.97 bits per heavy atom. The molecule has 1 N–H and O–H groups in total. The van der Waals surface area contributed by atoms with Crippen LogP contribution in [0.1, 0.15) is 67.4 Å². The first-order chi connectivity index (χ1) is 15.3. The molecule has 1 aliphatic carbocycles. The SMILES string of the molecule is COCCCOc1cc2c(cc1OC)-c1cc(=O)c(C(=O)O)cn1[C@H]1[C@H]2CCCC1(C)C. The van der Waals surface area contributed by atoms with E-state index in [0.717, 1.165) is 42.5 Å². The number of benzene rings is 1. The Morgan fingerprint density at radius 3 is 2.66 bits per heavy atom. The van der Waals surface area contributed by atoms with E-state index in [2.05, 4.69) is 19.9 Å². The standard InChI is InChI=1S/C25H31NO6/c1-25(2)8-5-7-15-16-11-22(32-10-6-9-30-3)21(31-4)12-17(16)19-13-20(27)18(24(28)29)14-26(19)23(15)25/h11-15,23H,5-10H2,1-4H3,(H,28,29)/t15-,23-/m0/s1. The van der Waals surface area contributed by atoms with Crippen molar-refractivity contribution in [2.75, 3.05) is 27.4 Å². The van der Waals surface area contributed by atoms with Crippen LogP contribution in [0.3, 0.4) is 0 Å². The molecule has 0 saturated heterocycles. The molecule has 32 heavy (non-hydrogen) atoms. The molecule has 2 aliphatic rings. The van der Waals surface area contributed by atoms with Gasteiger partial charge in [-0.05, 0) is 36.0 Å². The molecule has 0 amide bonds. The molecule has 7 nitrogen and oxygen atoms in total. The second-order valence-electron chi connectivity index (χ2n) is 9.37. The summed E-state index contributed by atoms with van der Waals surface area (Å²) in [5.41, 5.74) is 2.03. The lowest BCUT2D eigenvalue weighted by Gasteiger charge is -2.49. The molecule has 2 aromatic rings. The van der Waals surface area contributed by atoms with Gasteiger partial charge < -0.3 is 23.9 Å². The van der Waals surface area contributed by atoms with Crippen LogP contribution in [0.25, 0.3) is 11.3 Å². The third kappa shape index (κ3) is 3.79. The first-order valence-electron chi connectivity index (χ1n) is 11.1. The highest BCUT2D eigenvalue weighted by Gasteiger charge is 2.45. The largest absolute Gasteiger partial charge is 0.493 e. The third-order valence-electron chi connectivity index (χ3n) is 6.89. The predicted octanol–water partition coefficient (Wildman–Crippen LogP) is 4.49. The normalized spacial score (nSPS) is 20.6. The first kappa shape index (κ1) is 22.4. The van der Waals surface area contributed by atoms with Crippen LogP contribution in [-0.4, -0.2) is 43.1 Å². The van der Waals surface area contributed by atoms with Gasteiger partial charge in [0.15, 0.2) is 16.9 Å². The smallest absolute Gasteiger partial charge is 0.341 e. The molecule has 1 aromatic heterocycles. The summed E-state index contributed by atoms with van der Waals surface area (Å²) in [7, 11) is 3.26. The highest BCUT2D eigenvalue weighted by Crippen LogP contribution is 2.57. The topological polar surface area (TPSA) is 87.0 Å². The second kappa shape index (κ2) is 8.62. The van der Waals surface area contributed by atoms with Gasteiger partial charge >= 0.3 is 5.97 Å². The minimum absolute atomic E-state index is 0.0483. The lowest BCUT2D eigenvalue weighted by atomic mass is 9.63. The Hall–Kier alpha value is -2.80. The summed E-state index contributed by atoms with van der Waals surface area (Å²) in [6.07, 6.45) is 5.42. The molecule has 0 bridgehead atoms. The Bertz CT molecular complexity index is 1090. The highest BCUT2D eigenvalue weighted by molar-refractivity contribution is 5.88. The predicted molar refractivity (Wildman–Crippen MR) is 121 cm³/mol. The second-order valence-corrected chi connectivity index (χ2v) is 9.37. The summed E-state index contributed by atoms with van der Waals surface area (Å²) in [6.45, 7) is 5.58. The molecule has 2 atom stereocenters. The van der Waals surface area contributed by atoms with Gasteiger partial charge in [-0.3, -0.25) is 4.79 Å². The van der Waals surface area contributed by atoms with E-state index in [1.165, 1.54) is 12.3 Å². The average Bonchev–Trinajstić information content (AvgIpc) is 2.75. The summed E-state index contributed by atoms with van der Waals surface area (Å²) in [5.74, 6) is 0.273. The third-order valence-corrected chi connectivity index (χ3v) is 6.89. The number of ether oxygens (including phenoxy) is 3. The zero-order valence-corrected chi connectivity index (χ0v) is 19.1. The van der Waals surface area contributed by atoms with Crippen molar-refractivity contribution >= 4 is 5.97 Å². The summed E-state index contributed by atoms with van der Waals surface area (Å²) < 4.78 is 18.8. The fourth-order valence-electron chi connectivity index (χ4n) is 5.44. The van der Waals surface area contributed by atoms with Crippen LogP contribution in [0.5, 0.6) is 11.5 Å². The van der Waals surface area contributed by atoms with Crippen molar-refractivity contribution in [3.05, 3.63) is 45.7 Å². The maximum atomic E-state index is 12.6. The summed E-state index contributed by atoms with van der Waals surface area (Å²) >= 11 is 0. The fraction of sp³-hybridized carbons (Fsp3) is 0.520. The molecular formula is C25H31NO6. The van der Waals surface area contributed by atoms with Crippen molar-refractivity contribution in [2.45, 2.75) is 51.5 Å². The van der Waals surface area contributed by atoms with Crippen molar-refractivity contribution in [2.24, 2.45) is 5.41 Å². The number of carboxylic acids is 1. The van der Waals surface area contributed by atoms with E-state index in [-0.39, 0.29) is 22.9 Å². The van der Waals surface area contributed by atoms with E-state index in [9.17, 15) is 14.7 Å². The quantitative estimate of drug-likeness (QED) is 0.637. The molecular weight excluding hydrogens is 410 g/mol. The molecule has 4 rings (SSSR count). The molecule has 7 heteroatoms. The number of pyridine rings is 1. The van der Waals surface area contributed by atoms with Gasteiger partial charge in [-0.15, -0.1) is 0 Å². The van der Waals surface area contributed by atoms with Gasteiger partial charge in [0, 0.05) is 49.9 Å². The van der Waals surface area contributed by atoms with Gasteiger partial charge in [-0.2, -0.15) is 0 Å². The Kier molecular flexibility index (Phi) is 6.03. The molecule has 0 unspecified atom stereocenters. The van der Waals surface area contributed by atoms with Crippen LogP contribution in [0.15, 0.2) is 29.2 Å². The molecule has 1 aromatic carbocycles. The monoisotopic (exact) mass is 441 g/mol. The van der Waals surface area contributed by atoms with E-state index in [1.54, 1.807) is 14.2 Å². The van der Waals surface area contributed by atoms with Crippen molar-refractivity contribution in [1.29, 1.82) is 0 Å². The van der Waals surface area contributed by atoms with Gasteiger partial charge in [-0.25, -0.2) is 4.79 Å². The molecule has 1 saturated carbocycles. The number of aromatic carboxylic acids is 1. The van der Waals surface area contributed by atoms with Crippen LogP contribution in [0.2, 0.25) is 0 Å². The van der Waals surface area contributed by atoms with E-state index in [1.807, 2.05) is 10.6 Å². The van der Waals surface area contributed by atoms with Crippen LogP contribution in [0, 0.1) is 5.41 Å². The number of carboxylic acid groups (broad SMARTS) is 1. The van der Waals surface area contributed by atoms with E-state index in [0.29, 0.717) is 24.7 Å². The lowest BCUT2D eigenvalue weighted by Crippen LogP contribution is -2.40. The first-order valence-corrected chi connectivity index (χ1v) is 11.1. The van der Waals surface area contributed by atoms with Gasteiger partial charge in [0.05, 0.1) is 19.4 Å². The van der Waals surface area contributed by atoms with Gasteiger partial charge in [0.1, 0.15) is 5.56 Å². The maximum Gasteiger partial charge on any atom is 0.341 e. The molecule has 1 aliphatic heterocycles. The summed E-state index contributed by atoms with van der Waals surface area (Å²) in [4.78, 5) is 24.3. The average molecular weight is 442 g/mol. The number of hydrogen-bond acceptors (Lipinski definition) is 5. The van der Waals surface area contributed by atoms with E-state index < -0.39 is 11.4 Å². The van der Waals surface area contributed by atoms with Gasteiger partial charge in [0.2, 0.25) is 0 Å². The fourth-order valence-corrected chi connectivity index (χ4v) is 5.44. The Balaban J connectivity index is 1.90. The molecule has 172 valence electrons. The molecule has 2 heterocycles. The van der Waals surface area contributed by atoms with Gasteiger partial charge in [-0.1, -0.05) is 20.3 Å². The van der Waals surface area contributed by atoms with Crippen molar-refractivity contribution in [1.82, 2.24) is 4.57 Å². The lowest BCUT2D eigenvalue weighted by molar-refractivity contribution is 0.0691.